The van der Waals surface area contributed by atoms with E-state index in [0.717, 1.165) is 0 Å². The van der Waals surface area contributed by atoms with Gasteiger partial charge in [-0.05, 0) is 22.3 Å². The molecule has 0 saturated carbocycles. The first-order valence-corrected chi connectivity index (χ1v) is 11.2. The van der Waals surface area contributed by atoms with Crippen LogP contribution in [0, 0.1) is 0 Å². The summed E-state index contributed by atoms with van der Waals surface area (Å²) in [7, 11) is -2.66. The molecule has 5 nitrogen and oxygen atoms in total. The molecule has 0 spiro atoms. The molecule has 6 heteroatoms. The molecule has 2 aromatic carbocycles. The maximum absolute atomic E-state index is 12.4. The predicted molar refractivity (Wildman–Crippen MR) is 111 cm³/mol. The maximum Gasteiger partial charge on any atom is 0.347 e. The smallest absolute Gasteiger partial charge is 0.347 e. The fourth-order valence-electron chi connectivity index (χ4n) is 3.60. The Labute approximate surface area is 161 Å². The fourth-order valence-corrected chi connectivity index (χ4v) is 8.07. The zero-order valence-electron chi connectivity index (χ0n) is 16.4. The van der Waals surface area contributed by atoms with Gasteiger partial charge in [-0.1, -0.05) is 81.4 Å². The van der Waals surface area contributed by atoms with Crippen LogP contribution in [-0.4, -0.2) is 22.7 Å². The molecule has 0 aliphatic carbocycles. The van der Waals surface area contributed by atoms with Crippen LogP contribution in [0.5, 0.6) is 0 Å². The van der Waals surface area contributed by atoms with Crippen molar-refractivity contribution in [2.24, 2.45) is 0 Å². The van der Waals surface area contributed by atoms with Gasteiger partial charge in [0, 0.05) is 6.54 Å². The summed E-state index contributed by atoms with van der Waals surface area (Å²) in [4.78, 5) is 12.4. The van der Waals surface area contributed by atoms with Crippen molar-refractivity contribution in [3.63, 3.8) is 0 Å². The molecule has 0 fully saturated rings. The summed E-state index contributed by atoms with van der Waals surface area (Å²) in [5, 5.41) is 6.46. The lowest BCUT2D eigenvalue weighted by Crippen LogP contribution is -2.66. The third kappa shape index (κ3) is 3.55. The van der Waals surface area contributed by atoms with Gasteiger partial charge in [0.05, 0.1) is 0 Å². The van der Waals surface area contributed by atoms with Gasteiger partial charge in [-0.3, -0.25) is 4.57 Å². The van der Waals surface area contributed by atoms with Crippen LogP contribution in [0.1, 0.15) is 27.7 Å². The lowest BCUT2D eigenvalue weighted by Gasteiger charge is -2.42. The predicted octanol–water partition coefficient (Wildman–Crippen LogP) is 2.60. The molecular formula is C21H27N3O2Si. The van der Waals surface area contributed by atoms with E-state index in [2.05, 4.69) is 50.1 Å². The lowest BCUT2D eigenvalue weighted by molar-refractivity contribution is 0.201. The van der Waals surface area contributed by atoms with Crippen molar-refractivity contribution in [2.45, 2.75) is 46.0 Å². The minimum Gasteiger partial charge on any atom is -0.388 e. The summed E-state index contributed by atoms with van der Waals surface area (Å²) in [6.45, 7) is 9.31. The standard InChI is InChI=1S/C21H27N3O2Si/c1-5-23-16-22-24(20(23)25)17-26-27(21(2,3)4,18-12-8-6-9-13-18)19-14-10-7-11-15-19/h6-16H,5,17H2,1-4H3. The van der Waals surface area contributed by atoms with E-state index in [0.29, 0.717) is 6.54 Å². The third-order valence-electron chi connectivity index (χ3n) is 4.96. The molecule has 3 aromatic rings. The van der Waals surface area contributed by atoms with Crippen LogP contribution in [0.3, 0.4) is 0 Å². The molecule has 0 N–H and O–H groups in total. The van der Waals surface area contributed by atoms with E-state index in [1.54, 1.807) is 10.9 Å². The van der Waals surface area contributed by atoms with E-state index in [-0.39, 0.29) is 17.5 Å². The molecule has 1 aromatic heterocycles. The second-order valence-electron chi connectivity index (χ2n) is 7.64. The van der Waals surface area contributed by atoms with E-state index in [4.69, 9.17) is 4.43 Å². The van der Waals surface area contributed by atoms with Crippen molar-refractivity contribution in [2.75, 3.05) is 0 Å². The average Bonchev–Trinajstić information content (AvgIpc) is 3.03. The van der Waals surface area contributed by atoms with E-state index in [1.807, 2.05) is 43.3 Å². The Hall–Kier alpha value is -2.44. The Balaban J connectivity index is 2.11. The zero-order chi connectivity index (χ0) is 19.5. The Morgan fingerprint density at radius 1 is 0.963 bits per heavy atom. The van der Waals surface area contributed by atoms with Gasteiger partial charge < -0.3 is 4.43 Å². The number of aryl methyl sites for hydroxylation is 1. The van der Waals surface area contributed by atoms with E-state index in [1.165, 1.54) is 15.1 Å². The summed E-state index contributed by atoms with van der Waals surface area (Å²) in [5.74, 6) is 0. The van der Waals surface area contributed by atoms with Gasteiger partial charge in [-0.25, -0.2) is 4.79 Å². The summed E-state index contributed by atoms with van der Waals surface area (Å²) >= 11 is 0. The quantitative estimate of drug-likeness (QED) is 0.617. The maximum atomic E-state index is 12.4. The number of hydrogen-bond donors (Lipinski definition) is 0. The summed E-state index contributed by atoms with van der Waals surface area (Å²) < 4.78 is 9.70. The summed E-state index contributed by atoms with van der Waals surface area (Å²) in [5.41, 5.74) is -0.143. The van der Waals surface area contributed by atoms with Crippen LogP contribution in [0.4, 0.5) is 0 Å². The Bertz CT molecular complexity index is 888. The Kier molecular flexibility index (Phi) is 5.48. The van der Waals surface area contributed by atoms with Gasteiger partial charge >= 0.3 is 5.69 Å². The molecule has 142 valence electrons. The van der Waals surface area contributed by atoms with Crippen LogP contribution in [-0.2, 0) is 17.7 Å². The Morgan fingerprint density at radius 3 is 1.89 bits per heavy atom. The molecule has 0 aliphatic rings. The summed E-state index contributed by atoms with van der Waals surface area (Å²) in [6, 6.07) is 20.8. The molecule has 3 rings (SSSR count). The normalized spacial score (nSPS) is 12.3. The average molecular weight is 382 g/mol. The highest BCUT2D eigenvalue weighted by molar-refractivity contribution is 6.99. The van der Waals surface area contributed by atoms with Crippen LogP contribution in [0.15, 0.2) is 71.8 Å². The molecule has 0 atom stereocenters. The largest absolute Gasteiger partial charge is 0.388 e. The number of aromatic nitrogens is 3. The first-order valence-electron chi connectivity index (χ1n) is 9.27. The van der Waals surface area contributed by atoms with Gasteiger partial charge in [0.15, 0.2) is 0 Å². The van der Waals surface area contributed by atoms with Crippen LogP contribution in [0.25, 0.3) is 0 Å². The molecule has 0 bridgehead atoms. The SMILES string of the molecule is CCn1cnn(CO[Si](c2ccccc2)(c2ccccc2)C(C)(C)C)c1=O. The number of rotatable bonds is 6. The first kappa shape index (κ1) is 19.3. The van der Waals surface area contributed by atoms with Crippen LogP contribution >= 0.6 is 0 Å². The number of nitrogens with zero attached hydrogens (tertiary/aromatic N) is 3. The highest BCUT2D eigenvalue weighted by Crippen LogP contribution is 2.36. The lowest BCUT2D eigenvalue weighted by atomic mass is 10.2. The molecule has 0 amide bonds. The van der Waals surface area contributed by atoms with Gasteiger partial charge in [0.2, 0.25) is 0 Å². The number of hydrogen-bond acceptors (Lipinski definition) is 3. The Morgan fingerprint density at radius 2 is 1.48 bits per heavy atom. The van der Waals surface area contributed by atoms with Gasteiger partial charge in [0.1, 0.15) is 13.1 Å². The molecule has 1 heterocycles. The van der Waals surface area contributed by atoms with Crippen molar-refractivity contribution in [3.8, 4) is 0 Å². The second kappa shape index (κ2) is 7.66. The molecule has 27 heavy (non-hydrogen) atoms. The van der Waals surface area contributed by atoms with E-state index >= 15 is 0 Å². The number of benzene rings is 2. The molecule has 0 aliphatic heterocycles. The third-order valence-corrected chi connectivity index (χ3v) is 9.93. The molecule has 0 unspecified atom stereocenters. The first-order chi connectivity index (χ1) is 12.9. The van der Waals surface area contributed by atoms with Gasteiger partial charge in [-0.2, -0.15) is 9.78 Å². The van der Waals surface area contributed by atoms with Gasteiger partial charge in [0.25, 0.3) is 8.32 Å². The molecule has 0 radical (unpaired) electrons. The highest BCUT2D eigenvalue weighted by Gasteiger charge is 2.50. The van der Waals surface area contributed by atoms with E-state index < -0.39 is 8.32 Å². The zero-order valence-corrected chi connectivity index (χ0v) is 17.4. The van der Waals surface area contributed by atoms with Crippen LogP contribution < -0.4 is 16.1 Å². The fraction of sp³-hybridized carbons (Fsp3) is 0.333. The van der Waals surface area contributed by atoms with Crippen molar-refractivity contribution >= 4 is 18.7 Å². The van der Waals surface area contributed by atoms with Crippen LogP contribution in [0.2, 0.25) is 5.04 Å². The summed E-state index contributed by atoms with van der Waals surface area (Å²) in [6.07, 6.45) is 1.57. The molecule has 0 saturated heterocycles. The highest BCUT2D eigenvalue weighted by atomic mass is 28.4. The van der Waals surface area contributed by atoms with Crippen molar-refractivity contribution in [3.05, 3.63) is 77.5 Å². The molecular weight excluding hydrogens is 354 g/mol. The van der Waals surface area contributed by atoms with Crippen molar-refractivity contribution < 1.29 is 4.43 Å². The van der Waals surface area contributed by atoms with Crippen molar-refractivity contribution in [1.82, 2.24) is 14.3 Å². The monoisotopic (exact) mass is 381 g/mol. The topological polar surface area (TPSA) is 49.0 Å². The second-order valence-corrected chi connectivity index (χ2v) is 11.9. The van der Waals surface area contributed by atoms with E-state index in [9.17, 15) is 4.79 Å². The minimum absolute atomic E-state index is 0.132. The van der Waals surface area contributed by atoms with Gasteiger partial charge in [-0.15, -0.1) is 0 Å². The van der Waals surface area contributed by atoms with Crippen molar-refractivity contribution in [1.29, 1.82) is 0 Å². The minimum atomic E-state index is -2.66.